The highest BCUT2D eigenvalue weighted by Gasteiger charge is 2.14. The summed E-state index contributed by atoms with van der Waals surface area (Å²) in [6.45, 7) is 2.60. The van der Waals surface area contributed by atoms with Crippen LogP contribution in [0.3, 0.4) is 0 Å². The van der Waals surface area contributed by atoms with Crippen LogP contribution in [0.2, 0.25) is 0 Å². The van der Waals surface area contributed by atoms with E-state index >= 15 is 0 Å². The smallest absolute Gasteiger partial charge is 0.140 e. The lowest BCUT2D eigenvalue weighted by molar-refractivity contribution is 0.104. The lowest BCUT2D eigenvalue weighted by atomic mass is 10.2. The molecule has 0 aromatic heterocycles. The predicted molar refractivity (Wildman–Crippen MR) is 54.5 cm³/mol. The van der Waals surface area contributed by atoms with Crippen LogP contribution in [0.15, 0.2) is 5.16 Å². The Morgan fingerprint density at radius 3 is 3.07 bits per heavy atom. The van der Waals surface area contributed by atoms with Gasteiger partial charge in [-0.1, -0.05) is 5.16 Å². The Morgan fingerprint density at radius 2 is 2.43 bits per heavy atom. The van der Waals surface area contributed by atoms with Crippen molar-refractivity contribution in [3.8, 4) is 0 Å². The highest BCUT2D eigenvalue weighted by molar-refractivity contribution is 5.79. The zero-order valence-corrected chi connectivity index (χ0v) is 8.41. The lowest BCUT2D eigenvalue weighted by Gasteiger charge is -2.09. The molecule has 0 bridgehead atoms. The second kappa shape index (κ2) is 6.62. The number of ether oxygens (including phenoxy) is 1. The van der Waals surface area contributed by atoms with Crippen LogP contribution in [0.5, 0.6) is 0 Å². The van der Waals surface area contributed by atoms with Gasteiger partial charge in [-0.15, -0.1) is 0 Å². The molecule has 0 aromatic rings. The van der Waals surface area contributed by atoms with E-state index < -0.39 is 0 Å². The van der Waals surface area contributed by atoms with Gasteiger partial charge in [0.2, 0.25) is 0 Å². The van der Waals surface area contributed by atoms with E-state index in [0.29, 0.717) is 12.5 Å². The molecule has 1 saturated heterocycles. The zero-order chi connectivity index (χ0) is 10.2. The van der Waals surface area contributed by atoms with E-state index in [2.05, 4.69) is 10.5 Å². The summed E-state index contributed by atoms with van der Waals surface area (Å²) in [6, 6.07) is 0. The number of nitrogens with one attached hydrogen (secondary N) is 1. The first-order valence-corrected chi connectivity index (χ1v) is 5.11. The van der Waals surface area contributed by atoms with E-state index in [4.69, 9.17) is 15.7 Å². The molecule has 0 radical (unpaired) electrons. The Hall–Kier alpha value is -0.810. The van der Waals surface area contributed by atoms with E-state index in [9.17, 15) is 0 Å². The number of oxime groups is 1. The van der Waals surface area contributed by atoms with Gasteiger partial charge >= 0.3 is 0 Å². The molecule has 0 aromatic carbocycles. The number of hydrogen-bond acceptors (Lipinski definition) is 4. The largest absolute Gasteiger partial charge is 0.409 e. The first kappa shape index (κ1) is 11.3. The zero-order valence-electron chi connectivity index (χ0n) is 8.41. The molecule has 4 N–H and O–H groups in total. The molecule has 14 heavy (non-hydrogen) atoms. The van der Waals surface area contributed by atoms with Gasteiger partial charge in [-0.25, -0.2) is 0 Å². The van der Waals surface area contributed by atoms with Crippen LogP contribution in [0.4, 0.5) is 0 Å². The number of amidine groups is 1. The molecule has 0 aliphatic carbocycles. The SMILES string of the molecule is NC(CCNCCC1CCCO1)=NO. The molecule has 1 aliphatic heterocycles. The molecular weight excluding hydrogens is 182 g/mol. The van der Waals surface area contributed by atoms with Crippen molar-refractivity contribution in [3.05, 3.63) is 0 Å². The second-order valence-corrected chi connectivity index (χ2v) is 3.52. The van der Waals surface area contributed by atoms with E-state index in [-0.39, 0.29) is 5.84 Å². The van der Waals surface area contributed by atoms with E-state index in [1.165, 1.54) is 12.8 Å². The molecule has 1 unspecified atom stereocenters. The fraction of sp³-hybridized carbons (Fsp3) is 0.889. The van der Waals surface area contributed by atoms with Crippen molar-refractivity contribution in [2.24, 2.45) is 10.9 Å². The first-order chi connectivity index (χ1) is 6.83. The third kappa shape index (κ3) is 4.43. The van der Waals surface area contributed by atoms with Gasteiger partial charge in [0.05, 0.1) is 6.10 Å². The van der Waals surface area contributed by atoms with Gasteiger partial charge in [-0.2, -0.15) is 0 Å². The average molecular weight is 201 g/mol. The Kier molecular flexibility index (Phi) is 5.32. The van der Waals surface area contributed by atoms with Gasteiger partial charge in [0.25, 0.3) is 0 Å². The number of hydrogen-bond donors (Lipinski definition) is 3. The van der Waals surface area contributed by atoms with Crippen LogP contribution >= 0.6 is 0 Å². The summed E-state index contributed by atoms with van der Waals surface area (Å²) in [5, 5.41) is 14.4. The molecule has 1 rings (SSSR count). The van der Waals surface area contributed by atoms with Crippen LogP contribution in [-0.4, -0.2) is 36.8 Å². The summed E-state index contributed by atoms with van der Waals surface area (Å²) in [4.78, 5) is 0. The topological polar surface area (TPSA) is 79.9 Å². The number of rotatable bonds is 6. The van der Waals surface area contributed by atoms with E-state index in [0.717, 1.165) is 26.1 Å². The van der Waals surface area contributed by atoms with Crippen LogP contribution < -0.4 is 11.1 Å². The van der Waals surface area contributed by atoms with Crippen molar-refractivity contribution in [2.75, 3.05) is 19.7 Å². The highest BCUT2D eigenvalue weighted by atomic mass is 16.5. The van der Waals surface area contributed by atoms with Crippen LogP contribution in [-0.2, 0) is 4.74 Å². The molecule has 1 heterocycles. The molecule has 5 heteroatoms. The second-order valence-electron chi connectivity index (χ2n) is 3.52. The van der Waals surface area contributed by atoms with Gasteiger partial charge in [-0.3, -0.25) is 0 Å². The summed E-state index contributed by atoms with van der Waals surface area (Å²) in [5.74, 6) is 0.273. The minimum Gasteiger partial charge on any atom is -0.409 e. The lowest BCUT2D eigenvalue weighted by Crippen LogP contribution is -2.25. The molecule has 0 saturated carbocycles. The molecule has 1 fully saturated rings. The van der Waals surface area contributed by atoms with Gasteiger partial charge in [0, 0.05) is 19.6 Å². The Balaban J connectivity index is 1.89. The highest BCUT2D eigenvalue weighted by Crippen LogP contribution is 2.14. The average Bonchev–Trinajstić information content (AvgIpc) is 2.69. The maximum Gasteiger partial charge on any atom is 0.140 e. The van der Waals surface area contributed by atoms with Gasteiger partial charge in [0.15, 0.2) is 0 Å². The molecule has 1 atom stereocenters. The number of nitrogens with zero attached hydrogens (tertiary/aromatic N) is 1. The Morgan fingerprint density at radius 1 is 1.57 bits per heavy atom. The minimum absolute atomic E-state index is 0.273. The monoisotopic (exact) mass is 201 g/mol. The maximum atomic E-state index is 8.28. The maximum absolute atomic E-state index is 8.28. The molecular formula is C9H19N3O2. The van der Waals surface area contributed by atoms with E-state index in [1.54, 1.807) is 0 Å². The molecule has 5 nitrogen and oxygen atoms in total. The van der Waals surface area contributed by atoms with Crippen LogP contribution in [0.1, 0.15) is 25.7 Å². The summed E-state index contributed by atoms with van der Waals surface area (Å²) >= 11 is 0. The third-order valence-corrected chi connectivity index (χ3v) is 2.35. The van der Waals surface area contributed by atoms with Gasteiger partial charge in [0.1, 0.15) is 5.84 Å². The standard InChI is InChI=1S/C9H19N3O2/c10-9(12-13)4-6-11-5-3-8-2-1-7-14-8/h8,11,13H,1-7H2,(H2,10,12). The van der Waals surface area contributed by atoms with Crippen molar-refractivity contribution < 1.29 is 9.94 Å². The summed E-state index contributed by atoms with van der Waals surface area (Å²) in [6.07, 6.45) is 4.45. The predicted octanol–water partition coefficient (Wildman–Crippen LogP) is 0.282. The Labute approximate surface area is 84.3 Å². The summed E-state index contributed by atoms with van der Waals surface area (Å²) < 4.78 is 5.47. The molecule has 0 amide bonds. The van der Waals surface area contributed by atoms with Crippen LogP contribution in [0.25, 0.3) is 0 Å². The summed E-state index contributed by atoms with van der Waals surface area (Å²) in [5.41, 5.74) is 5.31. The fourth-order valence-electron chi connectivity index (χ4n) is 1.53. The minimum atomic E-state index is 0.273. The van der Waals surface area contributed by atoms with Crippen LogP contribution in [0, 0.1) is 0 Å². The fourth-order valence-corrected chi connectivity index (χ4v) is 1.53. The van der Waals surface area contributed by atoms with Crippen molar-refractivity contribution in [1.29, 1.82) is 0 Å². The summed E-state index contributed by atoms with van der Waals surface area (Å²) in [7, 11) is 0. The van der Waals surface area contributed by atoms with Gasteiger partial charge in [-0.05, 0) is 25.8 Å². The normalized spacial score (nSPS) is 22.9. The molecule has 1 aliphatic rings. The number of nitrogens with two attached hydrogens (primary N) is 1. The first-order valence-electron chi connectivity index (χ1n) is 5.11. The van der Waals surface area contributed by atoms with E-state index in [1.807, 2.05) is 0 Å². The van der Waals surface area contributed by atoms with Crippen molar-refractivity contribution >= 4 is 5.84 Å². The van der Waals surface area contributed by atoms with Crippen molar-refractivity contribution in [3.63, 3.8) is 0 Å². The molecule has 0 spiro atoms. The van der Waals surface area contributed by atoms with Crippen molar-refractivity contribution in [2.45, 2.75) is 31.8 Å². The van der Waals surface area contributed by atoms with Crippen molar-refractivity contribution in [1.82, 2.24) is 5.32 Å². The third-order valence-electron chi connectivity index (χ3n) is 2.35. The van der Waals surface area contributed by atoms with Gasteiger partial charge < -0.3 is 21.0 Å². The quantitative estimate of drug-likeness (QED) is 0.190. The molecule has 82 valence electrons. The Bertz CT molecular complexity index is 179.